The summed E-state index contributed by atoms with van der Waals surface area (Å²) >= 11 is 0. The minimum atomic E-state index is -1.07. The molecule has 0 saturated heterocycles. The molecule has 0 spiro atoms. The molecule has 0 heterocycles. The van der Waals surface area contributed by atoms with Crippen molar-refractivity contribution in [3.05, 3.63) is 121 Å². The first-order valence-corrected chi connectivity index (χ1v) is 10.6. The summed E-state index contributed by atoms with van der Waals surface area (Å²) in [6.07, 6.45) is 5.02. The Hall–Kier alpha value is -2.47. The smallest absolute Gasteiger partial charge is 0.111 e. The van der Waals surface area contributed by atoms with Crippen molar-refractivity contribution >= 4 is 18.5 Å². The van der Waals surface area contributed by atoms with Crippen molar-refractivity contribution in [3.8, 4) is 0 Å². The molecule has 1 N–H and O–H groups in total. The van der Waals surface area contributed by atoms with Gasteiger partial charge in [-0.2, -0.15) is 0 Å². The summed E-state index contributed by atoms with van der Waals surface area (Å²) in [5, 5.41) is 13.6. The van der Waals surface area contributed by atoms with Gasteiger partial charge in [0.2, 0.25) is 0 Å². The van der Waals surface area contributed by atoms with Gasteiger partial charge in [0.25, 0.3) is 0 Å². The predicted molar refractivity (Wildman–Crippen MR) is 118 cm³/mol. The van der Waals surface area contributed by atoms with Crippen molar-refractivity contribution in [2.24, 2.45) is 0 Å². The lowest BCUT2D eigenvalue weighted by molar-refractivity contribution is 0.102. The van der Waals surface area contributed by atoms with Crippen LogP contribution in [0, 0.1) is 0 Å². The van der Waals surface area contributed by atoms with E-state index in [-0.39, 0.29) is 0 Å². The van der Waals surface area contributed by atoms with E-state index < -0.39 is 13.5 Å². The second-order valence-corrected chi connectivity index (χ2v) is 8.90. The second-order valence-electron chi connectivity index (χ2n) is 6.65. The van der Waals surface area contributed by atoms with E-state index in [2.05, 4.69) is 73.3 Å². The first kappa shape index (κ1) is 19.3. The van der Waals surface area contributed by atoms with Gasteiger partial charge < -0.3 is 5.11 Å². The number of benzene rings is 3. The Balaban J connectivity index is 1.78. The van der Waals surface area contributed by atoms with E-state index in [4.69, 9.17) is 0 Å². The molecule has 3 rings (SSSR count). The zero-order chi connectivity index (χ0) is 19.1. The van der Waals surface area contributed by atoms with E-state index in [0.717, 1.165) is 11.7 Å². The standard InChI is InChI=1S/C25H25OP/c1-21(25(2,26)22-14-6-3-7-15-22)13-12-20-27(23-16-8-4-9-17-23)24-18-10-5-11-19-24/h3-19,26H,1,20H2,2H3/b13-12+. The van der Waals surface area contributed by atoms with Crippen LogP contribution >= 0.6 is 7.92 Å². The zero-order valence-corrected chi connectivity index (χ0v) is 16.5. The van der Waals surface area contributed by atoms with Gasteiger partial charge in [0.15, 0.2) is 0 Å². The second kappa shape index (κ2) is 8.95. The van der Waals surface area contributed by atoms with Crippen molar-refractivity contribution < 1.29 is 5.11 Å². The van der Waals surface area contributed by atoms with Gasteiger partial charge in [0.1, 0.15) is 5.60 Å². The van der Waals surface area contributed by atoms with Crippen LogP contribution in [0.25, 0.3) is 0 Å². The Morgan fingerprint density at radius 3 is 1.78 bits per heavy atom. The van der Waals surface area contributed by atoms with Gasteiger partial charge in [-0.15, -0.1) is 0 Å². The molecule has 1 unspecified atom stereocenters. The Labute approximate surface area is 163 Å². The Kier molecular flexibility index (Phi) is 6.40. The molecule has 0 fully saturated rings. The average molecular weight is 372 g/mol. The van der Waals surface area contributed by atoms with Gasteiger partial charge in [0, 0.05) is 0 Å². The summed E-state index contributed by atoms with van der Waals surface area (Å²) in [7, 11) is -0.481. The lowest BCUT2D eigenvalue weighted by Crippen LogP contribution is -2.22. The van der Waals surface area contributed by atoms with E-state index in [9.17, 15) is 5.11 Å². The molecular weight excluding hydrogens is 347 g/mol. The predicted octanol–water partition coefficient (Wildman–Crippen LogP) is 5.14. The topological polar surface area (TPSA) is 20.2 Å². The molecule has 0 saturated carbocycles. The van der Waals surface area contributed by atoms with Crippen molar-refractivity contribution in [3.63, 3.8) is 0 Å². The number of hydrogen-bond donors (Lipinski definition) is 1. The summed E-state index contributed by atoms with van der Waals surface area (Å²) in [4.78, 5) is 0. The molecule has 1 nitrogen and oxygen atoms in total. The number of aliphatic hydroxyl groups is 1. The maximum Gasteiger partial charge on any atom is 0.111 e. The van der Waals surface area contributed by atoms with E-state index in [1.165, 1.54) is 10.6 Å². The van der Waals surface area contributed by atoms with Crippen LogP contribution in [-0.2, 0) is 5.60 Å². The summed E-state index contributed by atoms with van der Waals surface area (Å²) in [5.41, 5.74) is 0.484. The summed E-state index contributed by atoms with van der Waals surface area (Å²) < 4.78 is 0. The number of allylic oxidation sites excluding steroid dienone is 1. The van der Waals surface area contributed by atoms with Crippen molar-refractivity contribution in [2.45, 2.75) is 12.5 Å². The SMILES string of the molecule is C=C(/C=C/CP(c1ccccc1)c1ccccc1)C(C)(O)c1ccccc1. The minimum absolute atomic E-state index is 0.481. The molecule has 0 aliphatic carbocycles. The molecule has 0 bridgehead atoms. The summed E-state index contributed by atoms with van der Waals surface area (Å²) in [6, 6.07) is 30.9. The van der Waals surface area contributed by atoms with Gasteiger partial charge in [-0.1, -0.05) is 110 Å². The van der Waals surface area contributed by atoms with E-state index in [0.29, 0.717) is 5.57 Å². The third-order valence-corrected chi connectivity index (χ3v) is 7.12. The molecule has 0 aliphatic rings. The molecule has 3 aromatic carbocycles. The minimum Gasteiger partial charge on any atom is -0.381 e. The third-order valence-electron chi connectivity index (χ3n) is 4.70. The molecule has 0 aliphatic heterocycles. The molecule has 136 valence electrons. The fourth-order valence-corrected chi connectivity index (χ4v) is 5.09. The average Bonchev–Trinajstić information content (AvgIpc) is 2.73. The normalized spacial score (nSPS) is 13.6. The molecule has 2 heteroatoms. The van der Waals surface area contributed by atoms with E-state index in [1.54, 1.807) is 6.92 Å². The maximum absolute atomic E-state index is 10.9. The fourth-order valence-electron chi connectivity index (χ4n) is 2.99. The molecule has 0 amide bonds. The quantitative estimate of drug-likeness (QED) is 0.450. The lowest BCUT2D eigenvalue weighted by Gasteiger charge is -2.25. The van der Waals surface area contributed by atoms with Crippen LogP contribution in [0.2, 0.25) is 0 Å². The Bertz CT molecular complexity index is 844. The molecule has 0 radical (unpaired) electrons. The molecule has 0 aromatic heterocycles. The highest BCUT2D eigenvalue weighted by molar-refractivity contribution is 7.73. The highest BCUT2D eigenvalue weighted by atomic mass is 31.1. The molecule has 1 atom stereocenters. The largest absolute Gasteiger partial charge is 0.381 e. The van der Waals surface area contributed by atoms with E-state index >= 15 is 0 Å². The first-order chi connectivity index (χ1) is 13.1. The third kappa shape index (κ3) is 4.83. The monoisotopic (exact) mass is 372 g/mol. The zero-order valence-electron chi connectivity index (χ0n) is 15.6. The molecular formula is C25H25OP. The molecule has 27 heavy (non-hydrogen) atoms. The van der Waals surface area contributed by atoms with Crippen LogP contribution in [0.1, 0.15) is 12.5 Å². The number of rotatable bonds is 7. The Morgan fingerprint density at radius 1 is 0.852 bits per heavy atom. The van der Waals surface area contributed by atoms with Gasteiger partial charge >= 0.3 is 0 Å². The van der Waals surface area contributed by atoms with Crippen LogP contribution in [0.3, 0.4) is 0 Å². The van der Waals surface area contributed by atoms with Crippen molar-refractivity contribution in [1.82, 2.24) is 0 Å². The van der Waals surface area contributed by atoms with Crippen LogP contribution < -0.4 is 10.6 Å². The highest BCUT2D eigenvalue weighted by Crippen LogP contribution is 2.34. The number of hydrogen-bond acceptors (Lipinski definition) is 1. The van der Waals surface area contributed by atoms with Gasteiger partial charge in [-0.05, 0) is 42.8 Å². The summed E-state index contributed by atoms with van der Waals surface area (Å²) in [6.45, 7) is 5.91. The van der Waals surface area contributed by atoms with Gasteiger partial charge in [-0.3, -0.25) is 0 Å². The van der Waals surface area contributed by atoms with Gasteiger partial charge in [-0.25, -0.2) is 0 Å². The summed E-state index contributed by atoms with van der Waals surface area (Å²) in [5.74, 6) is 0. The Morgan fingerprint density at radius 2 is 1.30 bits per heavy atom. The lowest BCUT2D eigenvalue weighted by atomic mass is 9.89. The van der Waals surface area contributed by atoms with Crippen LogP contribution in [0.15, 0.2) is 115 Å². The van der Waals surface area contributed by atoms with Crippen molar-refractivity contribution in [1.29, 1.82) is 0 Å². The van der Waals surface area contributed by atoms with Crippen molar-refractivity contribution in [2.75, 3.05) is 6.16 Å². The van der Waals surface area contributed by atoms with Crippen LogP contribution in [0.4, 0.5) is 0 Å². The van der Waals surface area contributed by atoms with E-state index in [1.807, 2.05) is 36.4 Å². The van der Waals surface area contributed by atoms with Crippen LogP contribution in [-0.4, -0.2) is 11.3 Å². The maximum atomic E-state index is 10.9. The van der Waals surface area contributed by atoms with Gasteiger partial charge in [0.05, 0.1) is 0 Å². The first-order valence-electron chi connectivity index (χ1n) is 9.10. The fraction of sp³-hybridized carbons (Fsp3) is 0.120. The highest BCUT2D eigenvalue weighted by Gasteiger charge is 2.24. The van der Waals surface area contributed by atoms with Crippen LogP contribution in [0.5, 0.6) is 0 Å². The molecule has 3 aromatic rings.